The van der Waals surface area contributed by atoms with Crippen LogP contribution in [0.2, 0.25) is 0 Å². The van der Waals surface area contributed by atoms with E-state index in [0.717, 1.165) is 21.3 Å². The molecule has 2 aromatic heterocycles. The number of nitrogens with zero attached hydrogens (tertiary/aromatic N) is 2. The lowest BCUT2D eigenvalue weighted by Gasteiger charge is -2.19. The zero-order chi connectivity index (χ0) is 22.2. The molecule has 4 aromatic rings. The minimum absolute atomic E-state index is 0.0306. The number of hydrogen-bond acceptors (Lipinski definition) is 6. The first kappa shape index (κ1) is 21.3. The molecular formula is C23H22N2O4S2. The van der Waals surface area contributed by atoms with Crippen LogP contribution in [0.15, 0.2) is 64.1 Å². The maximum absolute atomic E-state index is 13.5. The number of aromatic nitrogens is 1. The average Bonchev–Trinajstić information content (AvgIpc) is 3.45. The quantitative estimate of drug-likeness (QED) is 0.403. The summed E-state index contributed by atoms with van der Waals surface area (Å²) in [5.41, 5.74) is 3.27. The number of fused-ring (bicyclic) bond motifs is 1. The minimum Gasteiger partial charge on any atom is -0.467 e. The van der Waals surface area contributed by atoms with Crippen LogP contribution >= 0.6 is 11.3 Å². The molecule has 4 rings (SSSR count). The lowest BCUT2D eigenvalue weighted by molar-refractivity contribution is 0.0983. The Morgan fingerprint density at radius 3 is 2.55 bits per heavy atom. The second-order valence-corrected chi connectivity index (χ2v) is 10.5. The van der Waals surface area contributed by atoms with Crippen LogP contribution in [0.5, 0.6) is 0 Å². The van der Waals surface area contributed by atoms with Crippen molar-refractivity contribution in [3.63, 3.8) is 0 Å². The summed E-state index contributed by atoms with van der Waals surface area (Å²) in [7, 11) is -3.43. The van der Waals surface area contributed by atoms with Crippen LogP contribution < -0.4 is 4.90 Å². The van der Waals surface area contributed by atoms with Gasteiger partial charge in [-0.15, -0.1) is 0 Å². The summed E-state index contributed by atoms with van der Waals surface area (Å²) in [6.45, 7) is 5.78. The largest absolute Gasteiger partial charge is 0.467 e. The molecule has 1 amide bonds. The van der Waals surface area contributed by atoms with Crippen molar-refractivity contribution in [2.24, 2.45) is 0 Å². The number of anilines is 1. The number of furan rings is 1. The van der Waals surface area contributed by atoms with Gasteiger partial charge in [-0.25, -0.2) is 13.4 Å². The maximum Gasteiger partial charge on any atom is 0.260 e. The molecule has 160 valence electrons. The molecule has 0 fully saturated rings. The number of carbonyl (C=O) groups excluding carboxylic acids is 1. The van der Waals surface area contributed by atoms with Crippen LogP contribution in [0.25, 0.3) is 10.2 Å². The smallest absolute Gasteiger partial charge is 0.260 e. The number of sulfone groups is 1. The second-order valence-electron chi connectivity index (χ2n) is 7.28. The van der Waals surface area contributed by atoms with Crippen molar-refractivity contribution in [1.29, 1.82) is 0 Å². The van der Waals surface area contributed by atoms with Gasteiger partial charge in [0.25, 0.3) is 5.91 Å². The van der Waals surface area contributed by atoms with Crippen LogP contribution in [0.3, 0.4) is 0 Å². The molecule has 8 heteroatoms. The van der Waals surface area contributed by atoms with Crippen LogP contribution in [-0.2, 0) is 16.4 Å². The third-order valence-electron chi connectivity index (χ3n) is 5.12. The first-order valence-electron chi connectivity index (χ1n) is 9.84. The number of amides is 1. The van der Waals surface area contributed by atoms with Crippen LogP contribution in [-0.4, -0.2) is 25.1 Å². The lowest BCUT2D eigenvalue weighted by atomic mass is 10.1. The van der Waals surface area contributed by atoms with Gasteiger partial charge < -0.3 is 4.42 Å². The predicted octanol–water partition coefficient (Wildman–Crippen LogP) is 5.15. The normalized spacial score (nSPS) is 11.7. The zero-order valence-electron chi connectivity index (χ0n) is 17.5. The first-order valence-corrected chi connectivity index (χ1v) is 12.3. The molecule has 0 spiro atoms. The van der Waals surface area contributed by atoms with Crippen molar-refractivity contribution in [2.45, 2.75) is 32.2 Å². The summed E-state index contributed by atoms with van der Waals surface area (Å²) >= 11 is 1.44. The van der Waals surface area contributed by atoms with Gasteiger partial charge in [0, 0.05) is 5.56 Å². The van der Waals surface area contributed by atoms with Crippen LogP contribution in [0, 0.1) is 13.8 Å². The second kappa shape index (κ2) is 8.28. The first-order chi connectivity index (χ1) is 14.8. The fourth-order valence-corrected chi connectivity index (χ4v) is 5.33. The summed E-state index contributed by atoms with van der Waals surface area (Å²) in [5, 5.41) is 0.539. The summed E-state index contributed by atoms with van der Waals surface area (Å²) in [4.78, 5) is 20.0. The molecule has 0 saturated heterocycles. The number of benzene rings is 2. The predicted molar refractivity (Wildman–Crippen MR) is 122 cm³/mol. The molecule has 0 aliphatic carbocycles. The number of rotatable bonds is 6. The summed E-state index contributed by atoms with van der Waals surface area (Å²) < 4.78 is 31.1. The Morgan fingerprint density at radius 2 is 1.87 bits per heavy atom. The number of hydrogen-bond donors (Lipinski definition) is 0. The number of thiazole rings is 1. The highest BCUT2D eigenvalue weighted by atomic mass is 32.2. The van der Waals surface area contributed by atoms with E-state index in [2.05, 4.69) is 0 Å². The Kier molecular flexibility index (Phi) is 5.68. The van der Waals surface area contributed by atoms with Crippen molar-refractivity contribution >= 4 is 42.4 Å². The summed E-state index contributed by atoms with van der Waals surface area (Å²) in [5.74, 6) is 0.245. The molecule has 2 heterocycles. The Labute approximate surface area is 185 Å². The van der Waals surface area contributed by atoms with E-state index in [1.807, 2.05) is 26.0 Å². The molecule has 31 heavy (non-hydrogen) atoms. The number of aryl methyl sites for hydroxylation is 2. The Bertz CT molecular complexity index is 1320. The summed E-state index contributed by atoms with van der Waals surface area (Å²) in [6, 6.07) is 13.8. The van der Waals surface area contributed by atoms with Gasteiger partial charge in [-0.05, 0) is 55.3 Å². The van der Waals surface area contributed by atoms with E-state index in [-0.39, 0.29) is 28.7 Å². The third-order valence-corrected chi connectivity index (χ3v) is 8.07. The van der Waals surface area contributed by atoms with Gasteiger partial charge in [0.15, 0.2) is 15.0 Å². The molecule has 0 atom stereocenters. The van der Waals surface area contributed by atoms with E-state index in [1.54, 1.807) is 42.4 Å². The van der Waals surface area contributed by atoms with Crippen LogP contribution in [0.1, 0.15) is 34.2 Å². The standard InChI is InChI=1S/C23H22N2O4S2/c1-4-31(27,28)19-9-5-7-17(13-19)22(26)25(14-18-8-6-12-29-18)23-24-20-15(2)10-11-16(3)21(20)30-23/h5-13H,4,14H2,1-3H3. The molecule has 0 radical (unpaired) electrons. The Hall–Kier alpha value is -2.97. The minimum atomic E-state index is -3.43. The topological polar surface area (TPSA) is 80.5 Å². The zero-order valence-corrected chi connectivity index (χ0v) is 19.1. The van der Waals surface area contributed by atoms with Gasteiger partial charge in [0.2, 0.25) is 0 Å². The van der Waals surface area contributed by atoms with Gasteiger partial charge in [-0.1, -0.05) is 36.5 Å². The Balaban J connectivity index is 1.81. The Morgan fingerprint density at radius 1 is 1.10 bits per heavy atom. The SMILES string of the molecule is CCS(=O)(=O)c1cccc(C(=O)N(Cc2ccco2)c2nc3c(C)ccc(C)c3s2)c1. The average molecular weight is 455 g/mol. The van der Waals surface area contributed by atoms with E-state index >= 15 is 0 Å². The van der Waals surface area contributed by atoms with Gasteiger partial charge >= 0.3 is 0 Å². The van der Waals surface area contributed by atoms with Crippen molar-refractivity contribution in [3.05, 3.63) is 77.2 Å². The highest BCUT2D eigenvalue weighted by Gasteiger charge is 2.25. The fraction of sp³-hybridized carbons (Fsp3) is 0.217. The fourth-order valence-electron chi connectivity index (χ4n) is 3.29. The van der Waals surface area contributed by atoms with E-state index in [4.69, 9.17) is 9.40 Å². The van der Waals surface area contributed by atoms with Gasteiger partial charge in [-0.2, -0.15) is 0 Å². The van der Waals surface area contributed by atoms with Crippen LogP contribution in [0.4, 0.5) is 5.13 Å². The highest BCUT2D eigenvalue weighted by molar-refractivity contribution is 7.91. The van der Waals surface area contributed by atoms with Crippen molar-refractivity contribution in [3.8, 4) is 0 Å². The third kappa shape index (κ3) is 4.13. The molecule has 0 unspecified atom stereocenters. The maximum atomic E-state index is 13.5. The molecule has 0 aliphatic rings. The molecule has 0 saturated carbocycles. The van der Waals surface area contributed by atoms with Gasteiger partial charge in [0.1, 0.15) is 5.76 Å². The molecule has 0 bridgehead atoms. The highest BCUT2D eigenvalue weighted by Crippen LogP contribution is 2.34. The van der Waals surface area contributed by atoms with E-state index in [9.17, 15) is 13.2 Å². The molecule has 6 nitrogen and oxygen atoms in total. The van der Waals surface area contributed by atoms with Crippen molar-refractivity contribution < 1.29 is 17.6 Å². The summed E-state index contributed by atoms with van der Waals surface area (Å²) in [6.07, 6.45) is 1.55. The molecular weight excluding hydrogens is 432 g/mol. The molecule has 0 aliphatic heterocycles. The van der Waals surface area contributed by atoms with Gasteiger partial charge in [0.05, 0.1) is 33.7 Å². The van der Waals surface area contributed by atoms with E-state index in [1.165, 1.54) is 23.5 Å². The van der Waals surface area contributed by atoms with E-state index in [0.29, 0.717) is 10.9 Å². The van der Waals surface area contributed by atoms with Gasteiger partial charge in [-0.3, -0.25) is 9.69 Å². The van der Waals surface area contributed by atoms with E-state index < -0.39 is 9.84 Å². The van der Waals surface area contributed by atoms with Crippen molar-refractivity contribution in [1.82, 2.24) is 4.98 Å². The van der Waals surface area contributed by atoms with Crippen molar-refractivity contribution in [2.75, 3.05) is 10.7 Å². The number of carbonyl (C=O) groups is 1. The molecule has 2 aromatic carbocycles. The lowest BCUT2D eigenvalue weighted by Crippen LogP contribution is -2.30. The molecule has 0 N–H and O–H groups in total. The monoisotopic (exact) mass is 454 g/mol.